The van der Waals surface area contributed by atoms with E-state index >= 15 is 0 Å². The maximum atomic E-state index is 9.43. The molecule has 1 aromatic rings. The number of phenols is 1. The van der Waals surface area contributed by atoms with Gasteiger partial charge in [-0.1, -0.05) is 12.1 Å². The van der Waals surface area contributed by atoms with Gasteiger partial charge in [0.15, 0.2) is 11.4 Å². The van der Waals surface area contributed by atoms with Gasteiger partial charge in [0.1, 0.15) is 0 Å². The number of benzene rings is 1. The van der Waals surface area contributed by atoms with E-state index in [1.54, 1.807) is 6.07 Å². The van der Waals surface area contributed by atoms with E-state index in [-0.39, 0.29) is 24.0 Å². The highest BCUT2D eigenvalue weighted by molar-refractivity contribution is 5.53. The van der Waals surface area contributed by atoms with Gasteiger partial charge in [-0.05, 0) is 6.07 Å². The highest BCUT2D eigenvalue weighted by Crippen LogP contribution is 2.27. The first-order valence-corrected chi connectivity index (χ1v) is 3.62. The largest absolute Gasteiger partial charge is 1.00 e. The minimum Gasteiger partial charge on any atom is -1.00 e. The SMILES string of the molecule is C[N+](C)(C)c1ccccc1O.[I-]. The third-order valence-electron chi connectivity index (χ3n) is 1.60. The van der Waals surface area contributed by atoms with Crippen molar-refractivity contribution in [2.75, 3.05) is 21.1 Å². The Hall–Kier alpha value is -0.290. The van der Waals surface area contributed by atoms with Gasteiger partial charge in [0.05, 0.1) is 21.1 Å². The molecule has 12 heavy (non-hydrogen) atoms. The average Bonchev–Trinajstić information content (AvgIpc) is 1.86. The maximum absolute atomic E-state index is 9.43. The topological polar surface area (TPSA) is 20.2 Å². The Labute approximate surface area is 90.4 Å². The Morgan fingerprint density at radius 2 is 1.58 bits per heavy atom. The average molecular weight is 279 g/mol. The predicted molar refractivity (Wildman–Crippen MR) is 47.7 cm³/mol. The van der Waals surface area contributed by atoms with E-state index in [0.717, 1.165) is 5.69 Å². The summed E-state index contributed by atoms with van der Waals surface area (Å²) in [6, 6.07) is 7.39. The van der Waals surface area contributed by atoms with Gasteiger partial charge >= 0.3 is 0 Å². The zero-order chi connectivity index (χ0) is 8.48. The molecule has 0 fully saturated rings. The number of hydrogen-bond donors (Lipinski definition) is 1. The van der Waals surface area contributed by atoms with Crippen LogP contribution in [0.1, 0.15) is 0 Å². The van der Waals surface area contributed by atoms with Crippen molar-refractivity contribution in [3.63, 3.8) is 0 Å². The Balaban J connectivity index is 0.00000121. The molecule has 0 atom stereocenters. The first kappa shape index (κ1) is 11.7. The summed E-state index contributed by atoms with van der Waals surface area (Å²) in [6.45, 7) is 0. The van der Waals surface area contributed by atoms with Crippen LogP contribution in [0.4, 0.5) is 5.69 Å². The summed E-state index contributed by atoms with van der Waals surface area (Å²) in [5.41, 5.74) is 0.938. The van der Waals surface area contributed by atoms with Crippen LogP contribution < -0.4 is 28.5 Å². The normalized spacial score (nSPS) is 10.6. The molecule has 0 radical (unpaired) electrons. The highest BCUT2D eigenvalue weighted by Gasteiger charge is 2.15. The van der Waals surface area contributed by atoms with Crippen molar-refractivity contribution in [3.8, 4) is 5.75 Å². The summed E-state index contributed by atoms with van der Waals surface area (Å²) in [7, 11) is 6.07. The van der Waals surface area contributed by atoms with Crippen molar-refractivity contribution >= 4 is 5.69 Å². The Morgan fingerprint density at radius 1 is 1.08 bits per heavy atom. The van der Waals surface area contributed by atoms with Crippen LogP contribution in [-0.4, -0.2) is 26.2 Å². The molecule has 0 aliphatic heterocycles. The van der Waals surface area contributed by atoms with E-state index in [9.17, 15) is 5.11 Å². The van der Waals surface area contributed by atoms with Crippen molar-refractivity contribution < 1.29 is 29.1 Å². The molecule has 1 aromatic carbocycles. The molecule has 0 unspecified atom stereocenters. The molecule has 1 rings (SSSR count). The molecule has 1 N–H and O–H groups in total. The lowest BCUT2D eigenvalue weighted by molar-refractivity contribution is -0.00000366. The van der Waals surface area contributed by atoms with Crippen LogP contribution in [0.2, 0.25) is 0 Å². The molecule has 0 aliphatic rings. The van der Waals surface area contributed by atoms with Gasteiger partial charge in [-0.2, -0.15) is 0 Å². The number of nitrogens with zero attached hydrogens (tertiary/aromatic N) is 1. The van der Waals surface area contributed by atoms with Crippen LogP contribution in [0.25, 0.3) is 0 Å². The van der Waals surface area contributed by atoms with E-state index in [0.29, 0.717) is 10.2 Å². The molecular weight excluding hydrogens is 265 g/mol. The number of para-hydroxylation sites is 2. The van der Waals surface area contributed by atoms with Gasteiger partial charge in [0.25, 0.3) is 0 Å². The monoisotopic (exact) mass is 279 g/mol. The first-order valence-electron chi connectivity index (χ1n) is 3.62. The van der Waals surface area contributed by atoms with E-state index in [1.807, 2.05) is 39.3 Å². The van der Waals surface area contributed by atoms with Crippen LogP contribution in [0, 0.1) is 0 Å². The molecule has 0 aromatic heterocycles. The maximum Gasteiger partial charge on any atom is 0.177 e. The minimum absolute atomic E-state index is 0. The molecule has 0 saturated carbocycles. The summed E-state index contributed by atoms with van der Waals surface area (Å²) in [4.78, 5) is 0. The molecule has 3 heteroatoms. The molecule has 2 nitrogen and oxygen atoms in total. The van der Waals surface area contributed by atoms with Crippen molar-refractivity contribution in [1.82, 2.24) is 4.48 Å². The second-order valence-electron chi connectivity index (χ2n) is 3.50. The fraction of sp³-hybridized carbons (Fsp3) is 0.333. The third kappa shape index (κ3) is 2.64. The number of rotatable bonds is 1. The lowest BCUT2D eigenvalue weighted by Gasteiger charge is -2.23. The lowest BCUT2D eigenvalue weighted by Crippen LogP contribution is -3.00. The summed E-state index contributed by atoms with van der Waals surface area (Å²) in [6.07, 6.45) is 0. The second-order valence-corrected chi connectivity index (χ2v) is 3.50. The number of phenolic OH excluding ortho intramolecular Hbond substituents is 1. The molecule has 0 aliphatic carbocycles. The summed E-state index contributed by atoms with van der Waals surface area (Å²) < 4.78 is 0.646. The molecule has 68 valence electrons. The first-order chi connectivity index (χ1) is 5.02. The van der Waals surface area contributed by atoms with Gasteiger partial charge in [-0.3, -0.25) is 4.48 Å². The standard InChI is InChI=1S/C9H13NO.HI/c1-10(2,3)8-6-4-5-7-9(8)11;/h4-7H,1-3H3;1H. The quantitative estimate of drug-likeness (QED) is 0.495. The van der Waals surface area contributed by atoms with Gasteiger partial charge in [0.2, 0.25) is 0 Å². The van der Waals surface area contributed by atoms with E-state index in [2.05, 4.69) is 0 Å². The highest BCUT2D eigenvalue weighted by atomic mass is 127. The van der Waals surface area contributed by atoms with Gasteiger partial charge in [-0.25, -0.2) is 0 Å². The molecule has 0 saturated heterocycles. The Morgan fingerprint density at radius 3 is 1.92 bits per heavy atom. The number of quaternary nitrogens is 1. The second kappa shape index (κ2) is 4.09. The fourth-order valence-electron chi connectivity index (χ4n) is 1.03. The van der Waals surface area contributed by atoms with Gasteiger partial charge in [0, 0.05) is 6.07 Å². The fourth-order valence-corrected chi connectivity index (χ4v) is 1.03. The van der Waals surface area contributed by atoms with E-state index < -0.39 is 0 Å². The third-order valence-corrected chi connectivity index (χ3v) is 1.60. The molecule has 0 amide bonds. The van der Waals surface area contributed by atoms with Crippen LogP contribution in [0.5, 0.6) is 5.75 Å². The van der Waals surface area contributed by atoms with E-state index in [4.69, 9.17) is 0 Å². The zero-order valence-electron chi connectivity index (χ0n) is 7.58. The van der Waals surface area contributed by atoms with Crippen molar-refractivity contribution in [3.05, 3.63) is 24.3 Å². The summed E-state index contributed by atoms with van der Waals surface area (Å²) >= 11 is 0. The van der Waals surface area contributed by atoms with Crippen LogP contribution in [-0.2, 0) is 0 Å². The van der Waals surface area contributed by atoms with Crippen LogP contribution >= 0.6 is 0 Å². The van der Waals surface area contributed by atoms with Crippen LogP contribution in [0.3, 0.4) is 0 Å². The summed E-state index contributed by atoms with van der Waals surface area (Å²) in [5.74, 6) is 0.361. The van der Waals surface area contributed by atoms with Crippen molar-refractivity contribution in [1.29, 1.82) is 0 Å². The molecular formula is C9H14INO. The Bertz CT molecular complexity index is 255. The predicted octanol–water partition coefficient (Wildman–Crippen LogP) is -1.41. The molecule has 0 bridgehead atoms. The number of aromatic hydroxyl groups is 1. The van der Waals surface area contributed by atoms with Gasteiger partial charge < -0.3 is 29.1 Å². The molecule has 0 spiro atoms. The van der Waals surface area contributed by atoms with Crippen LogP contribution in [0.15, 0.2) is 24.3 Å². The molecule has 0 heterocycles. The smallest absolute Gasteiger partial charge is 0.177 e. The summed E-state index contributed by atoms with van der Waals surface area (Å²) in [5, 5.41) is 9.43. The van der Waals surface area contributed by atoms with E-state index in [1.165, 1.54) is 0 Å². The number of halogens is 1. The van der Waals surface area contributed by atoms with Crippen molar-refractivity contribution in [2.24, 2.45) is 0 Å². The van der Waals surface area contributed by atoms with Crippen molar-refractivity contribution in [2.45, 2.75) is 0 Å². The Kier molecular flexibility index (Phi) is 3.99. The zero-order valence-corrected chi connectivity index (χ0v) is 9.74. The number of hydrogen-bond acceptors (Lipinski definition) is 1. The minimum atomic E-state index is 0. The van der Waals surface area contributed by atoms with Gasteiger partial charge in [-0.15, -0.1) is 0 Å². The lowest BCUT2D eigenvalue weighted by atomic mass is 10.2.